The number of hydrogen-bond acceptors (Lipinski definition) is 7. The average Bonchev–Trinajstić information content (AvgIpc) is 3.49. The first-order chi connectivity index (χ1) is 16.4. The lowest BCUT2D eigenvalue weighted by molar-refractivity contribution is 0.301. The van der Waals surface area contributed by atoms with Crippen molar-refractivity contribution >= 4 is 22.0 Å². The van der Waals surface area contributed by atoms with Crippen LogP contribution in [0.3, 0.4) is 0 Å². The topological polar surface area (TPSA) is 100 Å². The Morgan fingerprint density at radius 3 is 2.65 bits per heavy atom. The molecule has 34 heavy (non-hydrogen) atoms. The molecule has 4 aromatic rings. The van der Waals surface area contributed by atoms with E-state index in [1.807, 2.05) is 0 Å². The Kier molecular flexibility index (Phi) is 7.12. The lowest BCUT2D eigenvalue weighted by Crippen LogP contribution is -2.10. The van der Waals surface area contributed by atoms with Crippen LogP contribution in [0.2, 0.25) is 0 Å². The van der Waals surface area contributed by atoms with E-state index in [1.54, 1.807) is 29.2 Å². The fraction of sp³-hybridized carbons (Fsp3) is 0.174. The quantitative estimate of drug-likeness (QED) is 0.332. The highest BCUT2D eigenvalue weighted by Gasteiger charge is 2.14. The molecule has 4 rings (SSSR count). The number of halogens is 2. The van der Waals surface area contributed by atoms with Gasteiger partial charge in [0.2, 0.25) is 5.89 Å². The predicted octanol–water partition coefficient (Wildman–Crippen LogP) is 4.16. The number of rotatable bonds is 10. The Labute approximate surface area is 194 Å². The van der Waals surface area contributed by atoms with E-state index >= 15 is 0 Å². The molecule has 0 N–H and O–H groups in total. The van der Waals surface area contributed by atoms with Crippen molar-refractivity contribution in [2.24, 2.45) is 0 Å². The van der Waals surface area contributed by atoms with E-state index in [4.69, 9.17) is 9.15 Å². The molecule has 2 aromatic heterocycles. The number of aromatic nitrogens is 4. The minimum Gasteiger partial charge on any atom is -0.487 e. The van der Waals surface area contributed by atoms with Crippen LogP contribution in [0.5, 0.6) is 5.75 Å². The van der Waals surface area contributed by atoms with Crippen molar-refractivity contribution in [3.63, 3.8) is 0 Å². The second kappa shape index (κ2) is 10.4. The van der Waals surface area contributed by atoms with E-state index in [0.29, 0.717) is 24.4 Å². The van der Waals surface area contributed by atoms with Crippen molar-refractivity contribution in [2.45, 2.75) is 24.5 Å². The van der Waals surface area contributed by atoms with Gasteiger partial charge in [-0.25, -0.2) is 22.2 Å². The Morgan fingerprint density at radius 1 is 1.09 bits per heavy atom. The number of hydrogen-bond donors (Lipinski definition) is 0. The molecule has 0 saturated heterocycles. The zero-order valence-corrected chi connectivity index (χ0v) is 18.7. The van der Waals surface area contributed by atoms with E-state index in [-0.39, 0.29) is 28.7 Å². The van der Waals surface area contributed by atoms with Gasteiger partial charge in [0.1, 0.15) is 35.9 Å². The third-order valence-electron chi connectivity index (χ3n) is 4.78. The van der Waals surface area contributed by atoms with Gasteiger partial charge < -0.3 is 9.15 Å². The van der Waals surface area contributed by atoms with Gasteiger partial charge in [0.05, 0.1) is 16.8 Å². The molecule has 0 saturated carbocycles. The van der Waals surface area contributed by atoms with Crippen LogP contribution in [0.4, 0.5) is 8.78 Å². The van der Waals surface area contributed by atoms with Gasteiger partial charge in [-0.15, -0.1) is 5.10 Å². The van der Waals surface area contributed by atoms with Gasteiger partial charge in [0.25, 0.3) is 0 Å². The summed E-state index contributed by atoms with van der Waals surface area (Å²) in [6.45, 7) is 0.556. The monoisotopic (exact) mass is 486 g/mol. The smallest absolute Gasteiger partial charge is 0.218 e. The van der Waals surface area contributed by atoms with Crippen LogP contribution in [-0.4, -0.2) is 34.1 Å². The summed E-state index contributed by atoms with van der Waals surface area (Å²) in [7, 11) is -3.43. The largest absolute Gasteiger partial charge is 0.487 e. The molecule has 0 aliphatic heterocycles. The van der Waals surface area contributed by atoms with E-state index in [9.17, 15) is 17.2 Å². The maximum atomic E-state index is 13.7. The van der Waals surface area contributed by atoms with Gasteiger partial charge in [-0.1, -0.05) is 5.21 Å². The van der Waals surface area contributed by atoms with Gasteiger partial charge in [-0.3, -0.25) is 4.68 Å². The van der Waals surface area contributed by atoms with Gasteiger partial charge in [-0.05, 0) is 48.9 Å². The molecule has 0 amide bonds. The van der Waals surface area contributed by atoms with Crippen LogP contribution in [0, 0.1) is 11.6 Å². The van der Waals surface area contributed by atoms with Crippen molar-refractivity contribution in [1.29, 1.82) is 0 Å². The fourth-order valence-corrected chi connectivity index (χ4v) is 4.35. The average molecular weight is 487 g/mol. The van der Waals surface area contributed by atoms with E-state index < -0.39 is 21.5 Å². The molecule has 0 aliphatic carbocycles. The molecule has 0 aliphatic rings. The summed E-state index contributed by atoms with van der Waals surface area (Å²) >= 11 is 0. The molecule has 8 nitrogen and oxygen atoms in total. The van der Waals surface area contributed by atoms with Crippen molar-refractivity contribution in [1.82, 2.24) is 20.0 Å². The summed E-state index contributed by atoms with van der Waals surface area (Å²) in [6.07, 6.45) is 7.92. The molecule has 176 valence electrons. The van der Waals surface area contributed by atoms with E-state index in [0.717, 1.165) is 12.1 Å². The lowest BCUT2D eigenvalue weighted by Gasteiger charge is -2.07. The molecular formula is C23H20F2N4O4S. The first-order valence-corrected chi connectivity index (χ1v) is 11.9. The van der Waals surface area contributed by atoms with Crippen LogP contribution in [0.15, 0.2) is 70.4 Å². The summed E-state index contributed by atoms with van der Waals surface area (Å²) < 4.78 is 64.2. The predicted molar refractivity (Wildman–Crippen MR) is 119 cm³/mol. The zero-order valence-electron chi connectivity index (χ0n) is 17.8. The number of oxazole rings is 1. The number of ether oxygens (including phenoxy) is 1. The van der Waals surface area contributed by atoms with Gasteiger partial charge in [-0.2, -0.15) is 0 Å². The van der Waals surface area contributed by atoms with Crippen molar-refractivity contribution in [2.75, 3.05) is 5.75 Å². The maximum absolute atomic E-state index is 13.7. The minimum atomic E-state index is -3.43. The second-order valence-corrected chi connectivity index (χ2v) is 9.38. The molecule has 2 aromatic carbocycles. The highest BCUT2D eigenvalue weighted by molar-refractivity contribution is 7.91. The Bertz CT molecular complexity index is 1370. The molecule has 11 heteroatoms. The number of nitrogens with zero attached hydrogens (tertiary/aromatic N) is 4. The SMILES string of the molecule is O=S(=O)(CCCn1ccnn1)c1ccc(OCc2coc(/C=C/c3ccc(F)cc3F)n2)cc1. The van der Waals surface area contributed by atoms with Crippen LogP contribution in [-0.2, 0) is 23.0 Å². The van der Waals surface area contributed by atoms with Gasteiger partial charge in [0.15, 0.2) is 9.84 Å². The van der Waals surface area contributed by atoms with Gasteiger partial charge >= 0.3 is 0 Å². The lowest BCUT2D eigenvalue weighted by atomic mass is 10.2. The second-order valence-electron chi connectivity index (χ2n) is 7.27. The summed E-state index contributed by atoms with van der Waals surface area (Å²) in [5, 5.41) is 7.49. The molecule has 0 unspecified atom stereocenters. The van der Waals surface area contributed by atoms with Crippen LogP contribution >= 0.6 is 0 Å². The number of benzene rings is 2. The molecule has 0 fully saturated rings. The fourth-order valence-electron chi connectivity index (χ4n) is 3.05. The highest BCUT2D eigenvalue weighted by atomic mass is 32.2. The summed E-state index contributed by atoms with van der Waals surface area (Å²) in [5.41, 5.74) is 0.690. The number of aryl methyl sites for hydroxylation is 1. The summed E-state index contributed by atoms with van der Waals surface area (Å²) in [5.74, 6) is -0.653. The third-order valence-corrected chi connectivity index (χ3v) is 6.60. The van der Waals surface area contributed by atoms with Crippen molar-refractivity contribution in [3.05, 3.63) is 89.9 Å². The molecule has 0 radical (unpaired) electrons. The van der Waals surface area contributed by atoms with E-state index in [2.05, 4.69) is 15.3 Å². The standard InChI is InChI=1S/C23H20F2N4O4S/c24-18-4-2-17(22(25)14-18)3-9-23-27-19(16-33-23)15-32-20-5-7-21(8-6-20)34(30,31)13-1-11-29-12-10-26-28-29/h2-10,12,14,16H,1,11,13,15H2/b9-3+. The normalized spacial score (nSPS) is 11.8. The van der Waals surface area contributed by atoms with Crippen LogP contribution in [0.25, 0.3) is 12.2 Å². The molecule has 0 atom stereocenters. The molecular weight excluding hydrogens is 466 g/mol. The molecule has 0 bridgehead atoms. The van der Waals surface area contributed by atoms with Crippen LogP contribution in [0.1, 0.15) is 23.6 Å². The summed E-state index contributed by atoms with van der Waals surface area (Å²) in [4.78, 5) is 4.43. The molecule has 2 heterocycles. The minimum absolute atomic E-state index is 0.00980. The highest BCUT2D eigenvalue weighted by Crippen LogP contribution is 2.19. The molecule has 0 spiro atoms. The first-order valence-electron chi connectivity index (χ1n) is 10.3. The third kappa shape index (κ3) is 6.13. The number of sulfone groups is 1. The van der Waals surface area contributed by atoms with E-state index in [1.165, 1.54) is 36.6 Å². The Balaban J connectivity index is 1.29. The summed E-state index contributed by atoms with van der Waals surface area (Å²) in [6, 6.07) is 9.40. The van der Waals surface area contributed by atoms with Crippen molar-refractivity contribution in [3.8, 4) is 5.75 Å². The maximum Gasteiger partial charge on any atom is 0.218 e. The zero-order chi connectivity index (χ0) is 24.0. The van der Waals surface area contributed by atoms with Gasteiger partial charge in [0, 0.05) is 30.4 Å². The Hall–Kier alpha value is -3.86. The Morgan fingerprint density at radius 2 is 1.91 bits per heavy atom. The first kappa shape index (κ1) is 23.3. The van der Waals surface area contributed by atoms with Crippen molar-refractivity contribution < 1.29 is 26.4 Å². The van der Waals surface area contributed by atoms with Crippen LogP contribution < -0.4 is 4.74 Å².